The number of benzene rings is 5. The topological polar surface area (TPSA) is 51.8 Å². The van der Waals surface area contributed by atoms with Crippen LogP contribution in [0.4, 0.5) is 0 Å². The zero-order valence-corrected chi connectivity index (χ0v) is 45.1. The fourth-order valence-electron chi connectivity index (χ4n) is 9.75. The van der Waals surface area contributed by atoms with Gasteiger partial charge >= 0.3 is 0 Å². The summed E-state index contributed by atoms with van der Waals surface area (Å²) in [7, 11) is -1.33. The molecule has 4 nitrogen and oxygen atoms in total. The molecule has 69 heavy (non-hydrogen) atoms. The first-order valence-electron chi connectivity index (χ1n) is 25.0. The molecule has 0 aliphatic heterocycles. The van der Waals surface area contributed by atoms with E-state index in [0.29, 0.717) is 11.8 Å². The van der Waals surface area contributed by atoms with E-state index < -0.39 is 8.07 Å². The second-order valence-corrected chi connectivity index (χ2v) is 25.6. The van der Waals surface area contributed by atoms with Gasteiger partial charge in [0.05, 0.1) is 25.2 Å². The van der Waals surface area contributed by atoms with Crippen molar-refractivity contribution < 1.29 is 24.5 Å². The summed E-state index contributed by atoms with van der Waals surface area (Å²) in [5.41, 5.74) is 15.1. The summed E-state index contributed by atoms with van der Waals surface area (Å²) >= 11 is 0. The average molecular weight is 1100 g/mol. The van der Waals surface area contributed by atoms with Crippen LogP contribution in [0.5, 0.6) is 0 Å². The average Bonchev–Trinajstić information content (AvgIpc) is 3.75. The van der Waals surface area contributed by atoms with Gasteiger partial charge in [0.1, 0.15) is 11.2 Å². The Labute approximate surface area is 426 Å². The van der Waals surface area contributed by atoms with Gasteiger partial charge in [0.25, 0.3) is 0 Å². The standard InChI is InChI=1S/C30H27NO.C18H25NSi.C15H17N.Ir/c1-3-9-21(10-4-1)19-22-17-18-31-27(20-22)25-16-15-24(23-11-5-2-6-12-23)29-26-13-7-8-14-28(26)32-30(25)29;1-14(2)11-16-12-17(15-9-7-6-8-10-15)19-13-18(16)20(3,4)5;1-12(2)10-13-8-9-16-15(11-13)14-6-4-3-5-7-14;/h2,5-8,11-18,20-21H,1,3-4,9-10,19H2;6-10,12-14H,11H2,1-5H3;3-9,11-12H,10H2,1-2H3;. The Kier molecular flexibility index (Phi) is 17.9. The molecule has 1 aliphatic carbocycles. The molecule has 1 radical (unpaired) electrons. The van der Waals surface area contributed by atoms with Crippen molar-refractivity contribution in [2.24, 2.45) is 17.8 Å². The number of hydrogen-bond acceptors (Lipinski definition) is 4. The second-order valence-electron chi connectivity index (χ2n) is 20.5. The number of pyridine rings is 3. The Morgan fingerprint density at radius 3 is 1.70 bits per heavy atom. The molecule has 0 N–H and O–H groups in total. The van der Waals surface area contributed by atoms with E-state index in [0.717, 1.165) is 64.4 Å². The number of para-hydroxylation sites is 1. The van der Waals surface area contributed by atoms with Gasteiger partial charge in [-0.25, -0.2) is 0 Å². The minimum absolute atomic E-state index is 0. The molecule has 1 fully saturated rings. The molecule has 0 unspecified atom stereocenters. The van der Waals surface area contributed by atoms with Crippen LogP contribution in [0.15, 0.2) is 181 Å². The SMILES string of the molecule is CC(C)Cc1cc(-c2ccccc2)ncc1[Si](C)(C)C.CC(C)Cc1ccnc(-c2ccccc2)c1.[Ir].c1ccc(-c2ccc(-c3cc(CC4CCCCC4)ccn3)c3oc4ccccc4c23)cc1. The molecule has 10 rings (SSSR count). The Hall–Kier alpha value is -5.78. The number of hydrogen-bond donors (Lipinski definition) is 0. The van der Waals surface area contributed by atoms with Crippen LogP contribution in [0.2, 0.25) is 19.6 Å². The summed E-state index contributed by atoms with van der Waals surface area (Å²) in [5, 5.41) is 3.83. The molecule has 4 aromatic heterocycles. The Morgan fingerprint density at radius 2 is 1.07 bits per heavy atom. The molecule has 1 saturated carbocycles. The van der Waals surface area contributed by atoms with Crippen LogP contribution in [-0.2, 0) is 39.4 Å². The fraction of sp³-hybridized carbons (Fsp3) is 0.286. The van der Waals surface area contributed by atoms with Crippen LogP contribution in [0, 0.1) is 17.8 Å². The predicted molar refractivity (Wildman–Crippen MR) is 292 cm³/mol. The maximum atomic E-state index is 6.45. The number of aromatic nitrogens is 3. The van der Waals surface area contributed by atoms with Crippen LogP contribution >= 0.6 is 0 Å². The van der Waals surface area contributed by atoms with E-state index in [-0.39, 0.29) is 20.1 Å². The van der Waals surface area contributed by atoms with Crippen LogP contribution in [0.1, 0.15) is 76.5 Å². The van der Waals surface area contributed by atoms with Crippen LogP contribution in [0.25, 0.3) is 66.8 Å². The van der Waals surface area contributed by atoms with E-state index in [1.807, 2.05) is 36.7 Å². The van der Waals surface area contributed by atoms with E-state index >= 15 is 0 Å². The molecule has 5 aromatic carbocycles. The van der Waals surface area contributed by atoms with Crippen molar-refractivity contribution in [1.29, 1.82) is 0 Å². The van der Waals surface area contributed by atoms with Crippen molar-refractivity contribution in [3.8, 4) is 44.9 Å². The number of furan rings is 1. The molecule has 0 amide bonds. The first-order valence-corrected chi connectivity index (χ1v) is 28.5. The number of rotatable bonds is 11. The van der Waals surface area contributed by atoms with Gasteiger partial charge in [-0.05, 0) is 112 Å². The summed E-state index contributed by atoms with van der Waals surface area (Å²) in [5.74, 6) is 2.17. The third kappa shape index (κ3) is 13.5. The van der Waals surface area contributed by atoms with E-state index in [2.05, 4.69) is 192 Å². The fourth-order valence-corrected chi connectivity index (χ4v) is 11.3. The molecular formula is C63H69IrN3OSi. The summed E-state index contributed by atoms with van der Waals surface area (Å²) in [6.45, 7) is 16.3. The van der Waals surface area contributed by atoms with Gasteiger partial charge in [0.2, 0.25) is 0 Å². The quantitative estimate of drug-likeness (QED) is 0.121. The third-order valence-corrected chi connectivity index (χ3v) is 15.1. The van der Waals surface area contributed by atoms with Gasteiger partial charge in [-0.2, -0.15) is 0 Å². The van der Waals surface area contributed by atoms with Crippen molar-refractivity contribution in [2.45, 2.75) is 98.7 Å². The van der Waals surface area contributed by atoms with Gasteiger partial charge in [-0.3, -0.25) is 15.0 Å². The Balaban J connectivity index is 0.000000164. The largest absolute Gasteiger partial charge is 0.455 e. The van der Waals surface area contributed by atoms with Crippen molar-refractivity contribution in [3.63, 3.8) is 0 Å². The summed E-state index contributed by atoms with van der Waals surface area (Å²) in [6, 6.07) is 55.2. The second kappa shape index (κ2) is 24.2. The maximum absolute atomic E-state index is 6.45. The molecule has 355 valence electrons. The van der Waals surface area contributed by atoms with E-state index in [1.54, 1.807) is 0 Å². The number of fused-ring (bicyclic) bond motifs is 3. The normalized spacial score (nSPS) is 12.8. The van der Waals surface area contributed by atoms with Gasteiger partial charge in [-0.15, -0.1) is 0 Å². The smallest absolute Gasteiger partial charge is 0.145 e. The third-order valence-electron chi connectivity index (χ3n) is 13.0. The molecule has 6 heteroatoms. The van der Waals surface area contributed by atoms with Gasteiger partial charge in [0.15, 0.2) is 0 Å². The summed E-state index contributed by atoms with van der Waals surface area (Å²) < 4.78 is 6.45. The van der Waals surface area contributed by atoms with Crippen LogP contribution < -0.4 is 5.19 Å². The monoisotopic (exact) mass is 1100 g/mol. The van der Waals surface area contributed by atoms with Crippen molar-refractivity contribution in [2.75, 3.05) is 0 Å². The summed E-state index contributed by atoms with van der Waals surface area (Å²) in [6.07, 6.45) is 16.3. The van der Waals surface area contributed by atoms with E-state index in [1.165, 1.54) is 81.6 Å². The molecule has 1 aliphatic rings. The van der Waals surface area contributed by atoms with Crippen molar-refractivity contribution in [1.82, 2.24) is 15.0 Å². The Morgan fingerprint density at radius 1 is 0.536 bits per heavy atom. The van der Waals surface area contributed by atoms with Crippen molar-refractivity contribution in [3.05, 3.63) is 193 Å². The van der Waals surface area contributed by atoms with E-state index in [9.17, 15) is 0 Å². The first-order chi connectivity index (χ1) is 33.0. The molecule has 9 aromatic rings. The number of nitrogens with zero attached hydrogens (tertiary/aromatic N) is 3. The molecule has 0 saturated heterocycles. The van der Waals surface area contributed by atoms with E-state index in [4.69, 9.17) is 14.4 Å². The molecule has 4 heterocycles. The zero-order valence-electron chi connectivity index (χ0n) is 41.7. The van der Waals surface area contributed by atoms with Gasteiger partial charge < -0.3 is 4.42 Å². The van der Waals surface area contributed by atoms with Gasteiger partial charge in [-0.1, -0.05) is 195 Å². The maximum Gasteiger partial charge on any atom is 0.145 e. The molecular weight excluding hydrogens is 1040 g/mol. The molecule has 0 bridgehead atoms. The molecule has 0 atom stereocenters. The zero-order chi connectivity index (χ0) is 47.5. The summed E-state index contributed by atoms with van der Waals surface area (Å²) in [4.78, 5) is 13.9. The minimum Gasteiger partial charge on any atom is -0.455 e. The van der Waals surface area contributed by atoms with Crippen molar-refractivity contribution >= 4 is 35.2 Å². The Bertz CT molecular complexity index is 3010. The minimum atomic E-state index is -1.33. The van der Waals surface area contributed by atoms with Crippen LogP contribution in [0.3, 0.4) is 0 Å². The van der Waals surface area contributed by atoms with Gasteiger partial charge in [0, 0.05) is 66.2 Å². The first kappa shape index (κ1) is 51.1. The predicted octanol–water partition coefficient (Wildman–Crippen LogP) is 16.9. The molecule has 0 spiro atoms. The van der Waals surface area contributed by atoms with Crippen LogP contribution in [-0.4, -0.2) is 23.0 Å².